The molecule has 3 aromatic rings. The van der Waals surface area contributed by atoms with Crippen molar-refractivity contribution in [3.05, 3.63) is 71.0 Å². The van der Waals surface area contributed by atoms with Gasteiger partial charge in [0.25, 0.3) is 5.56 Å². The van der Waals surface area contributed by atoms with E-state index in [1.807, 2.05) is 30.3 Å². The zero-order valence-corrected chi connectivity index (χ0v) is 13.7. The lowest BCUT2D eigenvalue weighted by Crippen LogP contribution is -2.11. The summed E-state index contributed by atoms with van der Waals surface area (Å²) in [5.74, 6) is 0. The van der Waals surface area contributed by atoms with E-state index >= 15 is 0 Å². The third-order valence-electron chi connectivity index (χ3n) is 3.37. The molecule has 122 valence electrons. The maximum atomic E-state index is 12.0. The Balaban J connectivity index is 1.97. The van der Waals surface area contributed by atoms with Crippen LogP contribution in [-0.2, 0) is 10.0 Å². The van der Waals surface area contributed by atoms with Gasteiger partial charge in [-0.15, -0.1) is 0 Å². The Kier molecular flexibility index (Phi) is 4.18. The van der Waals surface area contributed by atoms with Gasteiger partial charge in [-0.05, 0) is 23.8 Å². The smallest absolute Gasteiger partial charge is 0.272 e. The number of hydrogen-bond acceptors (Lipinski definition) is 4. The quantitative estimate of drug-likeness (QED) is 0.762. The van der Waals surface area contributed by atoms with Crippen molar-refractivity contribution in [1.29, 1.82) is 0 Å². The molecule has 0 bridgehead atoms. The molecule has 0 amide bonds. The monoisotopic (exact) mass is 341 g/mol. The van der Waals surface area contributed by atoms with Crippen LogP contribution in [0.2, 0.25) is 0 Å². The summed E-state index contributed by atoms with van der Waals surface area (Å²) in [6, 6.07) is 17.8. The third kappa shape index (κ3) is 3.69. The Morgan fingerprint density at radius 1 is 0.958 bits per heavy atom. The standard InChI is InChI=1S/C17H15N3O3S/c1-24(22,23)20-14-9-7-13(8-10-14)16-11-15(17(21)19-18-16)12-5-3-2-4-6-12/h2-11,20H,1H3,(H,19,21). The molecule has 2 aromatic carbocycles. The van der Waals surface area contributed by atoms with Gasteiger partial charge in [-0.3, -0.25) is 9.52 Å². The van der Waals surface area contributed by atoms with Gasteiger partial charge in [0.15, 0.2) is 0 Å². The van der Waals surface area contributed by atoms with Crippen molar-refractivity contribution in [1.82, 2.24) is 10.2 Å². The second kappa shape index (κ2) is 6.29. The summed E-state index contributed by atoms with van der Waals surface area (Å²) < 4.78 is 24.9. The minimum atomic E-state index is -3.32. The number of aromatic nitrogens is 2. The van der Waals surface area contributed by atoms with Crippen molar-refractivity contribution in [2.45, 2.75) is 0 Å². The van der Waals surface area contributed by atoms with E-state index in [0.717, 1.165) is 17.4 Å². The van der Waals surface area contributed by atoms with Crippen LogP contribution < -0.4 is 10.3 Å². The molecule has 0 saturated heterocycles. The number of anilines is 1. The average molecular weight is 341 g/mol. The lowest BCUT2D eigenvalue weighted by molar-refractivity contribution is 0.607. The van der Waals surface area contributed by atoms with Gasteiger partial charge in [0.05, 0.1) is 17.5 Å². The molecule has 0 aliphatic rings. The summed E-state index contributed by atoms with van der Waals surface area (Å²) >= 11 is 0. The molecule has 7 heteroatoms. The summed E-state index contributed by atoms with van der Waals surface area (Å²) in [5, 5.41) is 6.56. The van der Waals surface area contributed by atoms with E-state index in [4.69, 9.17) is 0 Å². The average Bonchev–Trinajstić information content (AvgIpc) is 2.55. The van der Waals surface area contributed by atoms with E-state index in [1.165, 1.54) is 0 Å². The Labute approximate surface area is 139 Å². The van der Waals surface area contributed by atoms with Gasteiger partial charge < -0.3 is 0 Å². The Bertz CT molecular complexity index is 1010. The number of H-pyrrole nitrogens is 1. The van der Waals surface area contributed by atoms with E-state index in [-0.39, 0.29) is 5.56 Å². The largest absolute Gasteiger partial charge is 0.284 e. The van der Waals surface area contributed by atoms with E-state index in [2.05, 4.69) is 14.9 Å². The zero-order chi connectivity index (χ0) is 17.2. The molecular weight excluding hydrogens is 326 g/mol. The lowest BCUT2D eigenvalue weighted by Gasteiger charge is -2.06. The topological polar surface area (TPSA) is 91.9 Å². The number of nitrogens with one attached hydrogen (secondary N) is 2. The number of aromatic amines is 1. The molecule has 0 saturated carbocycles. The molecule has 0 radical (unpaired) electrons. The molecule has 6 nitrogen and oxygen atoms in total. The fraction of sp³-hybridized carbons (Fsp3) is 0.0588. The highest BCUT2D eigenvalue weighted by Crippen LogP contribution is 2.23. The van der Waals surface area contributed by atoms with Crippen molar-refractivity contribution in [3.8, 4) is 22.4 Å². The van der Waals surface area contributed by atoms with Crippen LogP contribution in [0.3, 0.4) is 0 Å². The normalized spacial score (nSPS) is 11.2. The minimum absolute atomic E-state index is 0.264. The Hall–Kier alpha value is -2.93. The van der Waals surface area contributed by atoms with Gasteiger partial charge in [-0.25, -0.2) is 13.5 Å². The second-order valence-electron chi connectivity index (χ2n) is 5.31. The molecule has 0 fully saturated rings. The van der Waals surface area contributed by atoms with Crippen molar-refractivity contribution < 1.29 is 8.42 Å². The molecular formula is C17H15N3O3S. The first-order valence-electron chi connectivity index (χ1n) is 7.16. The van der Waals surface area contributed by atoms with Crippen molar-refractivity contribution >= 4 is 15.7 Å². The van der Waals surface area contributed by atoms with Gasteiger partial charge in [0, 0.05) is 11.3 Å². The summed E-state index contributed by atoms with van der Waals surface area (Å²) in [6.45, 7) is 0. The number of hydrogen-bond donors (Lipinski definition) is 2. The minimum Gasteiger partial charge on any atom is -0.284 e. The van der Waals surface area contributed by atoms with Gasteiger partial charge in [-0.1, -0.05) is 42.5 Å². The number of nitrogens with zero attached hydrogens (tertiary/aromatic N) is 1. The summed E-state index contributed by atoms with van der Waals surface area (Å²) in [7, 11) is -3.32. The van der Waals surface area contributed by atoms with Gasteiger partial charge in [0.1, 0.15) is 0 Å². The van der Waals surface area contributed by atoms with Crippen molar-refractivity contribution in [2.75, 3.05) is 11.0 Å². The Morgan fingerprint density at radius 3 is 2.25 bits per heavy atom. The van der Waals surface area contributed by atoms with Crippen LogP contribution in [0.5, 0.6) is 0 Å². The predicted molar refractivity (Wildman–Crippen MR) is 94.2 cm³/mol. The van der Waals surface area contributed by atoms with Crippen LogP contribution in [-0.4, -0.2) is 24.9 Å². The second-order valence-corrected chi connectivity index (χ2v) is 7.06. The molecule has 0 atom stereocenters. The first-order chi connectivity index (χ1) is 11.4. The molecule has 1 aromatic heterocycles. The number of sulfonamides is 1. The van der Waals surface area contributed by atoms with E-state index < -0.39 is 10.0 Å². The summed E-state index contributed by atoms with van der Waals surface area (Å²) in [4.78, 5) is 12.0. The van der Waals surface area contributed by atoms with Gasteiger partial charge >= 0.3 is 0 Å². The zero-order valence-electron chi connectivity index (χ0n) is 12.9. The Morgan fingerprint density at radius 2 is 1.62 bits per heavy atom. The van der Waals surface area contributed by atoms with E-state index in [0.29, 0.717) is 16.9 Å². The molecule has 2 N–H and O–H groups in total. The summed E-state index contributed by atoms with van der Waals surface area (Å²) in [5.41, 5.74) is 2.90. The highest BCUT2D eigenvalue weighted by atomic mass is 32.2. The third-order valence-corrected chi connectivity index (χ3v) is 3.98. The molecule has 3 rings (SSSR count). The fourth-order valence-electron chi connectivity index (χ4n) is 2.31. The maximum absolute atomic E-state index is 12.0. The molecule has 0 aliphatic heterocycles. The van der Waals surface area contributed by atoms with Crippen molar-refractivity contribution in [3.63, 3.8) is 0 Å². The summed E-state index contributed by atoms with van der Waals surface area (Å²) in [6.07, 6.45) is 1.09. The highest BCUT2D eigenvalue weighted by molar-refractivity contribution is 7.92. The molecule has 0 aliphatic carbocycles. The van der Waals surface area contributed by atoms with Crippen LogP contribution in [0.1, 0.15) is 0 Å². The van der Waals surface area contributed by atoms with Crippen LogP contribution in [0.4, 0.5) is 5.69 Å². The first kappa shape index (κ1) is 15.9. The molecule has 24 heavy (non-hydrogen) atoms. The number of rotatable bonds is 4. The molecule has 1 heterocycles. The maximum Gasteiger partial charge on any atom is 0.272 e. The molecule has 0 unspecified atom stereocenters. The lowest BCUT2D eigenvalue weighted by atomic mass is 10.0. The number of benzene rings is 2. The van der Waals surface area contributed by atoms with E-state index in [9.17, 15) is 13.2 Å². The first-order valence-corrected chi connectivity index (χ1v) is 9.05. The van der Waals surface area contributed by atoms with Crippen molar-refractivity contribution in [2.24, 2.45) is 0 Å². The van der Waals surface area contributed by atoms with E-state index in [1.54, 1.807) is 30.3 Å². The predicted octanol–water partition coefficient (Wildman–Crippen LogP) is 2.48. The van der Waals surface area contributed by atoms with Crippen LogP contribution in [0, 0.1) is 0 Å². The fourth-order valence-corrected chi connectivity index (χ4v) is 2.87. The van der Waals surface area contributed by atoms with Crippen LogP contribution in [0.25, 0.3) is 22.4 Å². The van der Waals surface area contributed by atoms with Crippen LogP contribution in [0.15, 0.2) is 65.5 Å². The van der Waals surface area contributed by atoms with Gasteiger partial charge in [0.2, 0.25) is 10.0 Å². The molecule has 0 spiro atoms. The van der Waals surface area contributed by atoms with Gasteiger partial charge in [-0.2, -0.15) is 5.10 Å². The SMILES string of the molecule is CS(=O)(=O)Nc1ccc(-c2cc(-c3ccccc3)c(=O)[nH]n2)cc1. The highest BCUT2D eigenvalue weighted by Gasteiger charge is 2.08. The van der Waals surface area contributed by atoms with Crippen LogP contribution >= 0.6 is 0 Å².